The van der Waals surface area contributed by atoms with Crippen LogP contribution in [0.25, 0.3) is 10.8 Å². The summed E-state index contributed by atoms with van der Waals surface area (Å²) in [5.74, 6) is 0. The minimum Gasteiger partial charge on any atom is -0.304 e. The Morgan fingerprint density at radius 3 is 2.29 bits per heavy atom. The van der Waals surface area contributed by atoms with Gasteiger partial charge in [0.2, 0.25) is 0 Å². The maximum Gasteiger partial charge on any atom is 0.00216 e. The van der Waals surface area contributed by atoms with Gasteiger partial charge in [-0.25, -0.2) is 0 Å². The summed E-state index contributed by atoms with van der Waals surface area (Å²) in [6, 6.07) is 15.4. The molecular weight excluding hydrogens is 206 g/mol. The monoisotopic (exact) mass is 227 g/mol. The van der Waals surface area contributed by atoms with E-state index in [0.717, 1.165) is 26.1 Å². The third kappa shape index (κ3) is 3.07. The molecule has 0 saturated heterocycles. The predicted octanol–water partition coefficient (Wildman–Crippen LogP) is 3.72. The van der Waals surface area contributed by atoms with Gasteiger partial charge in [0.25, 0.3) is 0 Å². The van der Waals surface area contributed by atoms with E-state index in [0.29, 0.717) is 0 Å². The molecule has 17 heavy (non-hydrogen) atoms. The number of likely N-dealkylation sites (N-methyl/N-ethyl adjacent to an activating group) is 1. The van der Waals surface area contributed by atoms with Gasteiger partial charge in [0.1, 0.15) is 0 Å². The largest absolute Gasteiger partial charge is 0.304 e. The van der Waals surface area contributed by atoms with Crippen molar-refractivity contribution in [3.63, 3.8) is 0 Å². The fourth-order valence-electron chi connectivity index (χ4n) is 2.22. The zero-order chi connectivity index (χ0) is 12.1. The van der Waals surface area contributed by atoms with Crippen molar-refractivity contribution in [2.45, 2.75) is 20.3 Å². The lowest BCUT2D eigenvalue weighted by atomic mass is 10.1. The van der Waals surface area contributed by atoms with Gasteiger partial charge in [-0.2, -0.15) is 0 Å². The van der Waals surface area contributed by atoms with E-state index in [4.69, 9.17) is 0 Å². The first-order valence-corrected chi connectivity index (χ1v) is 6.53. The van der Waals surface area contributed by atoms with Gasteiger partial charge in [0, 0.05) is 6.54 Å². The highest BCUT2D eigenvalue weighted by Crippen LogP contribution is 2.16. The number of nitrogens with zero attached hydrogens (tertiary/aromatic N) is 1. The molecule has 1 heteroatoms. The van der Waals surface area contributed by atoms with Gasteiger partial charge in [-0.3, -0.25) is 0 Å². The Labute approximate surface area is 104 Å². The smallest absolute Gasteiger partial charge is 0.00216 e. The maximum atomic E-state index is 2.47. The molecule has 0 aliphatic heterocycles. The zero-order valence-electron chi connectivity index (χ0n) is 10.8. The summed E-state index contributed by atoms with van der Waals surface area (Å²) < 4.78 is 0. The molecule has 2 rings (SSSR count). The third-order valence-electron chi connectivity index (χ3n) is 3.43. The number of hydrogen-bond acceptors (Lipinski definition) is 1. The van der Waals surface area contributed by atoms with Gasteiger partial charge >= 0.3 is 0 Å². The first-order valence-electron chi connectivity index (χ1n) is 6.53. The second kappa shape index (κ2) is 5.83. The lowest BCUT2D eigenvalue weighted by Crippen LogP contribution is -2.25. The van der Waals surface area contributed by atoms with Crippen LogP contribution < -0.4 is 0 Å². The molecule has 0 aliphatic carbocycles. The van der Waals surface area contributed by atoms with Gasteiger partial charge in [0.05, 0.1) is 0 Å². The highest BCUT2D eigenvalue weighted by atomic mass is 15.1. The van der Waals surface area contributed by atoms with Crippen molar-refractivity contribution in [2.24, 2.45) is 0 Å². The second-order valence-electron chi connectivity index (χ2n) is 4.46. The molecule has 0 radical (unpaired) electrons. The summed E-state index contributed by atoms with van der Waals surface area (Å²) in [4.78, 5) is 2.47. The van der Waals surface area contributed by atoms with Crippen LogP contribution in [-0.4, -0.2) is 24.5 Å². The molecule has 0 atom stereocenters. The molecule has 0 amide bonds. The van der Waals surface area contributed by atoms with E-state index in [9.17, 15) is 0 Å². The number of fused-ring (bicyclic) bond motifs is 1. The number of rotatable bonds is 5. The molecule has 2 aromatic carbocycles. The average molecular weight is 227 g/mol. The Bertz CT molecular complexity index is 472. The van der Waals surface area contributed by atoms with E-state index in [1.165, 1.54) is 16.3 Å². The Morgan fingerprint density at radius 2 is 1.59 bits per heavy atom. The van der Waals surface area contributed by atoms with Crippen LogP contribution in [-0.2, 0) is 6.42 Å². The average Bonchev–Trinajstić information content (AvgIpc) is 2.40. The molecule has 1 nitrogen and oxygen atoms in total. The van der Waals surface area contributed by atoms with Crippen molar-refractivity contribution in [1.82, 2.24) is 4.90 Å². The summed E-state index contributed by atoms with van der Waals surface area (Å²) in [5.41, 5.74) is 1.44. The molecular formula is C16H21N. The van der Waals surface area contributed by atoms with E-state index in [2.05, 4.69) is 61.2 Å². The molecule has 90 valence electrons. The molecule has 0 unspecified atom stereocenters. The Morgan fingerprint density at radius 1 is 0.882 bits per heavy atom. The topological polar surface area (TPSA) is 3.24 Å². The van der Waals surface area contributed by atoms with Crippen molar-refractivity contribution in [3.05, 3.63) is 48.0 Å². The lowest BCUT2D eigenvalue weighted by molar-refractivity contribution is 0.308. The summed E-state index contributed by atoms with van der Waals surface area (Å²) in [6.07, 6.45) is 1.15. The molecule has 0 saturated carbocycles. The molecule has 0 spiro atoms. The summed E-state index contributed by atoms with van der Waals surface area (Å²) in [7, 11) is 0. The zero-order valence-corrected chi connectivity index (χ0v) is 10.8. The highest BCUT2D eigenvalue weighted by molar-refractivity contribution is 5.82. The molecule has 2 aromatic rings. The molecule has 0 aromatic heterocycles. The second-order valence-corrected chi connectivity index (χ2v) is 4.46. The van der Waals surface area contributed by atoms with E-state index >= 15 is 0 Å². The van der Waals surface area contributed by atoms with E-state index < -0.39 is 0 Å². The van der Waals surface area contributed by atoms with Crippen LogP contribution >= 0.6 is 0 Å². The first-order chi connectivity index (χ1) is 8.33. The van der Waals surface area contributed by atoms with Crippen LogP contribution in [0.5, 0.6) is 0 Å². The van der Waals surface area contributed by atoms with Crippen LogP contribution in [0.15, 0.2) is 42.5 Å². The number of hydrogen-bond donors (Lipinski definition) is 0. The highest BCUT2D eigenvalue weighted by Gasteiger charge is 2.00. The molecule has 0 heterocycles. The van der Waals surface area contributed by atoms with E-state index in [1.807, 2.05) is 0 Å². The molecule has 0 N–H and O–H groups in total. The van der Waals surface area contributed by atoms with Crippen LogP contribution in [0.4, 0.5) is 0 Å². The van der Waals surface area contributed by atoms with Gasteiger partial charge in [-0.1, -0.05) is 56.3 Å². The maximum absolute atomic E-state index is 2.47. The summed E-state index contributed by atoms with van der Waals surface area (Å²) >= 11 is 0. The van der Waals surface area contributed by atoms with Crippen LogP contribution in [0.1, 0.15) is 19.4 Å². The predicted molar refractivity (Wildman–Crippen MR) is 75.4 cm³/mol. The minimum atomic E-state index is 1.14. The van der Waals surface area contributed by atoms with Crippen molar-refractivity contribution in [1.29, 1.82) is 0 Å². The van der Waals surface area contributed by atoms with Crippen molar-refractivity contribution >= 4 is 10.8 Å². The van der Waals surface area contributed by atoms with Crippen molar-refractivity contribution in [3.8, 4) is 0 Å². The fraction of sp³-hybridized carbons (Fsp3) is 0.375. The SMILES string of the molecule is CCN(CC)CCc1ccc2ccccc2c1. The third-order valence-corrected chi connectivity index (χ3v) is 3.43. The minimum absolute atomic E-state index is 1.14. The van der Waals surface area contributed by atoms with Crippen molar-refractivity contribution in [2.75, 3.05) is 19.6 Å². The van der Waals surface area contributed by atoms with Gasteiger partial charge < -0.3 is 4.90 Å². The van der Waals surface area contributed by atoms with E-state index in [-0.39, 0.29) is 0 Å². The van der Waals surface area contributed by atoms with Gasteiger partial charge in [0.15, 0.2) is 0 Å². The Kier molecular flexibility index (Phi) is 4.16. The van der Waals surface area contributed by atoms with Crippen LogP contribution in [0.3, 0.4) is 0 Å². The first kappa shape index (κ1) is 12.1. The molecule has 0 bridgehead atoms. The van der Waals surface area contributed by atoms with Crippen molar-refractivity contribution < 1.29 is 0 Å². The molecule has 0 aliphatic rings. The van der Waals surface area contributed by atoms with Gasteiger partial charge in [-0.15, -0.1) is 0 Å². The Balaban J connectivity index is 2.09. The summed E-state index contributed by atoms with van der Waals surface area (Å²) in [6.45, 7) is 7.90. The van der Waals surface area contributed by atoms with E-state index in [1.54, 1.807) is 0 Å². The quantitative estimate of drug-likeness (QED) is 0.752. The number of benzene rings is 2. The Hall–Kier alpha value is -1.34. The van der Waals surface area contributed by atoms with Crippen LogP contribution in [0.2, 0.25) is 0 Å². The lowest BCUT2D eigenvalue weighted by Gasteiger charge is -2.17. The fourth-order valence-corrected chi connectivity index (χ4v) is 2.22. The van der Waals surface area contributed by atoms with Crippen LogP contribution in [0, 0.1) is 0 Å². The standard InChI is InChI=1S/C16H21N/c1-3-17(4-2)12-11-14-9-10-15-7-5-6-8-16(15)13-14/h5-10,13H,3-4,11-12H2,1-2H3. The normalized spacial score (nSPS) is 11.2. The molecule has 0 fully saturated rings. The summed E-state index contributed by atoms with van der Waals surface area (Å²) in [5, 5.41) is 2.68. The van der Waals surface area contributed by atoms with Gasteiger partial charge in [-0.05, 0) is 35.8 Å².